The number of fused-ring (bicyclic) bond motifs is 1. The van der Waals surface area contributed by atoms with Gasteiger partial charge >= 0.3 is 0 Å². The predicted molar refractivity (Wildman–Crippen MR) is 109 cm³/mol. The molecule has 3 heterocycles. The van der Waals surface area contributed by atoms with E-state index in [1.54, 1.807) is 11.3 Å². The zero-order valence-electron chi connectivity index (χ0n) is 16.4. The molecule has 0 bridgehead atoms. The molecule has 0 aromatic carbocycles. The Hall–Kier alpha value is -1.76. The molecule has 2 aromatic heterocycles. The second-order valence-electron chi connectivity index (χ2n) is 7.53. The number of nitrogens with one attached hydrogen (secondary N) is 1. The van der Waals surface area contributed by atoms with E-state index in [4.69, 9.17) is 0 Å². The molecule has 1 amide bonds. The van der Waals surface area contributed by atoms with Gasteiger partial charge in [-0.2, -0.15) is 0 Å². The smallest absolute Gasteiger partial charge is 0.252 e. The Morgan fingerprint density at radius 2 is 2.22 bits per heavy atom. The van der Waals surface area contributed by atoms with Gasteiger partial charge in [-0.15, -0.1) is 11.3 Å². The fourth-order valence-corrected chi connectivity index (χ4v) is 4.48. The SMILES string of the molecule is CCc1ccc(CN2CCc3c(C(=O)N[C@@H](CO)C(C)C)csc3C2)nc1. The fraction of sp³-hybridized carbons (Fsp3) is 0.524. The fourth-order valence-electron chi connectivity index (χ4n) is 3.36. The number of hydrogen-bond donors (Lipinski definition) is 2. The highest BCUT2D eigenvalue weighted by molar-refractivity contribution is 7.10. The van der Waals surface area contributed by atoms with E-state index in [-0.39, 0.29) is 24.5 Å². The monoisotopic (exact) mass is 387 g/mol. The third-order valence-corrected chi connectivity index (χ3v) is 6.28. The largest absolute Gasteiger partial charge is 0.394 e. The van der Waals surface area contributed by atoms with Gasteiger partial charge in [0.25, 0.3) is 5.91 Å². The van der Waals surface area contributed by atoms with Gasteiger partial charge in [-0.05, 0) is 36.0 Å². The summed E-state index contributed by atoms with van der Waals surface area (Å²) in [7, 11) is 0. The van der Waals surface area contributed by atoms with E-state index in [2.05, 4.69) is 34.3 Å². The van der Waals surface area contributed by atoms with Crippen LogP contribution in [-0.2, 0) is 25.9 Å². The van der Waals surface area contributed by atoms with Crippen LogP contribution in [-0.4, -0.2) is 40.1 Å². The van der Waals surface area contributed by atoms with Crippen molar-refractivity contribution in [1.82, 2.24) is 15.2 Å². The first-order valence-corrected chi connectivity index (χ1v) is 10.6. The molecular weight excluding hydrogens is 358 g/mol. The van der Waals surface area contributed by atoms with Crippen LogP contribution in [0, 0.1) is 5.92 Å². The van der Waals surface area contributed by atoms with Crippen LogP contribution >= 0.6 is 11.3 Å². The highest BCUT2D eigenvalue weighted by Gasteiger charge is 2.25. The van der Waals surface area contributed by atoms with Crippen LogP contribution in [0.5, 0.6) is 0 Å². The lowest BCUT2D eigenvalue weighted by atomic mass is 10.0. The summed E-state index contributed by atoms with van der Waals surface area (Å²) >= 11 is 1.66. The number of aromatic nitrogens is 1. The molecule has 2 N–H and O–H groups in total. The molecule has 0 aliphatic carbocycles. The van der Waals surface area contributed by atoms with Crippen molar-refractivity contribution in [2.75, 3.05) is 13.2 Å². The third kappa shape index (κ3) is 4.75. The molecular formula is C21H29N3O2S. The van der Waals surface area contributed by atoms with Crippen LogP contribution < -0.4 is 5.32 Å². The highest BCUT2D eigenvalue weighted by atomic mass is 32.1. The van der Waals surface area contributed by atoms with Crippen molar-refractivity contribution in [3.8, 4) is 0 Å². The molecule has 1 aliphatic heterocycles. The van der Waals surface area contributed by atoms with E-state index in [0.717, 1.165) is 43.7 Å². The molecule has 0 saturated carbocycles. The van der Waals surface area contributed by atoms with Crippen molar-refractivity contribution < 1.29 is 9.90 Å². The van der Waals surface area contributed by atoms with E-state index in [0.29, 0.717) is 0 Å². The molecule has 2 aromatic rings. The minimum absolute atomic E-state index is 0.0344. The molecule has 1 atom stereocenters. The molecule has 0 saturated heterocycles. The number of nitrogens with zero attached hydrogens (tertiary/aromatic N) is 2. The Balaban J connectivity index is 1.64. The number of carbonyl (C=O) groups is 1. The molecule has 146 valence electrons. The Morgan fingerprint density at radius 3 is 2.85 bits per heavy atom. The number of aryl methyl sites for hydroxylation is 1. The topological polar surface area (TPSA) is 65.5 Å². The summed E-state index contributed by atoms with van der Waals surface area (Å²) in [6.07, 6.45) is 3.85. The summed E-state index contributed by atoms with van der Waals surface area (Å²) in [5, 5.41) is 14.4. The van der Waals surface area contributed by atoms with Crippen LogP contribution in [0.25, 0.3) is 0 Å². The number of hydrogen-bond acceptors (Lipinski definition) is 5. The maximum absolute atomic E-state index is 12.6. The Labute approximate surface area is 165 Å². The molecule has 27 heavy (non-hydrogen) atoms. The van der Waals surface area contributed by atoms with Gasteiger partial charge in [0.05, 0.1) is 23.9 Å². The quantitative estimate of drug-likeness (QED) is 0.766. The zero-order chi connectivity index (χ0) is 19.4. The number of amides is 1. The third-order valence-electron chi connectivity index (χ3n) is 5.27. The first-order chi connectivity index (χ1) is 13.0. The van der Waals surface area contributed by atoms with Gasteiger partial charge in [-0.3, -0.25) is 14.7 Å². The standard InChI is InChI=1S/C21H29N3O2S/c1-4-15-5-6-16(22-9-15)10-24-8-7-17-18(13-27-20(17)11-24)21(26)23-19(12-25)14(2)3/h5-6,9,13-14,19,25H,4,7-8,10-12H2,1-3H3,(H,23,26)/t19-/m0/s1. The van der Waals surface area contributed by atoms with Crippen LogP contribution in [0.2, 0.25) is 0 Å². The molecule has 0 radical (unpaired) electrons. The van der Waals surface area contributed by atoms with Gasteiger partial charge in [0.15, 0.2) is 0 Å². The van der Waals surface area contributed by atoms with Gasteiger partial charge in [-0.25, -0.2) is 0 Å². The lowest BCUT2D eigenvalue weighted by Gasteiger charge is -2.27. The van der Waals surface area contributed by atoms with Gasteiger partial charge in [-0.1, -0.05) is 26.8 Å². The predicted octanol–water partition coefficient (Wildman–Crippen LogP) is 3.01. The summed E-state index contributed by atoms with van der Waals surface area (Å²) in [4.78, 5) is 20.9. The molecule has 5 nitrogen and oxygen atoms in total. The maximum atomic E-state index is 12.6. The zero-order valence-corrected chi connectivity index (χ0v) is 17.2. The lowest BCUT2D eigenvalue weighted by molar-refractivity contribution is 0.0895. The summed E-state index contributed by atoms with van der Waals surface area (Å²) in [6.45, 7) is 8.73. The summed E-state index contributed by atoms with van der Waals surface area (Å²) in [5.74, 6) is 0.140. The number of aliphatic hydroxyl groups is 1. The highest BCUT2D eigenvalue weighted by Crippen LogP contribution is 2.29. The van der Waals surface area contributed by atoms with Crippen LogP contribution in [0.15, 0.2) is 23.7 Å². The van der Waals surface area contributed by atoms with Gasteiger partial charge in [0.2, 0.25) is 0 Å². The lowest BCUT2D eigenvalue weighted by Crippen LogP contribution is -2.41. The number of carbonyl (C=O) groups excluding carboxylic acids is 1. The Kier molecular flexibility index (Phi) is 6.63. The van der Waals surface area contributed by atoms with E-state index in [1.807, 2.05) is 25.4 Å². The van der Waals surface area contributed by atoms with Crippen LogP contribution in [0.4, 0.5) is 0 Å². The molecule has 6 heteroatoms. The molecule has 0 spiro atoms. The molecule has 0 unspecified atom stereocenters. The number of thiophene rings is 1. The van der Waals surface area contributed by atoms with Crippen molar-refractivity contribution in [1.29, 1.82) is 0 Å². The average molecular weight is 388 g/mol. The van der Waals surface area contributed by atoms with E-state index in [1.165, 1.54) is 16.0 Å². The average Bonchev–Trinajstić information content (AvgIpc) is 3.09. The first-order valence-electron chi connectivity index (χ1n) is 9.68. The van der Waals surface area contributed by atoms with Crippen LogP contribution in [0.1, 0.15) is 52.8 Å². The first kappa shape index (κ1) is 20.0. The van der Waals surface area contributed by atoms with E-state index in [9.17, 15) is 9.90 Å². The summed E-state index contributed by atoms with van der Waals surface area (Å²) in [6, 6.07) is 4.06. The maximum Gasteiger partial charge on any atom is 0.252 e. The van der Waals surface area contributed by atoms with Crippen molar-refractivity contribution >= 4 is 17.2 Å². The second kappa shape index (κ2) is 8.95. The van der Waals surface area contributed by atoms with Crippen molar-refractivity contribution in [2.24, 2.45) is 5.92 Å². The van der Waals surface area contributed by atoms with E-state index < -0.39 is 0 Å². The Morgan fingerprint density at radius 1 is 1.41 bits per heavy atom. The minimum Gasteiger partial charge on any atom is -0.394 e. The van der Waals surface area contributed by atoms with Gasteiger partial charge in [0.1, 0.15) is 0 Å². The summed E-state index contributed by atoms with van der Waals surface area (Å²) < 4.78 is 0. The number of pyridine rings is 1. The number of aliphatic hydroxyl groups excluding tert-OH is 1. The number of rotatable bonds is 7. The second-order valence-corrected chi connectivity index (χ2v) is 8.49. The van der Waals surface area contributed by atoms with Crippen molar-refractivity contribution in [3.05, 3.63) is 51.0 Å². The molecule has 3 rings (SSSR count). The van der Waals surface area contributed by atoms with E-state index >= 15 is 0 Å². The van der Waals surface area contributed by atoms with Gasteiger partial charge < -0.3 is 10.4 Å². The summed E-state index contributed by atoms with van der Waals surface area (Å²) in [5.41, 5.74) is 4.30. The normalized spacial score (nSPS) is 15.6. The Bertz CT molecular complexity index is 770. The van der Waals surface area contributed by atoms with Gasteiger partial charge in [0, 0.05) is 36.1 Å². The molecule has 0 fully saturated rings. The van der Waals surface area contributed by atoms with Crippen molar-refractivity contribution in [3.63, 3.8) is 0 Å². The molecule has 1 aliphatic rings. The van der Waals surface area contributed by atoms with Crippen LogP contribution in [0.3, 0.4) is 0 Å². The minimum atomic E-state index is -0.203. The van der Waals surface area contributed by atoms with Crippen molar-refractivity contribution in [2.45, 2.75) is 52.7 Å².